The van der Waals surface area contributed by atoms with Gasteiger partial charge in [-0.25, -0.2) is 4.39 Å². The minimum atomic E-state index is -0.747. The number of hydrogen-bond donors (Lipinski definition) is 0. The number of halogens is 2. The minimum Gasteiger partial charge on any atom is -0.367 e. The molecule has 1 aromatic carbocycles. The van der Waals surface area contributed by atoms with Gasteiger partial charge in [-0.15, -0.1) is 11.6 Å². The summed E-state index contributed by atoms with van der Waals surface area (Å²) in [7, 11) is -0.747. The van der Waals surface area contributed by atoms with Gasteiger partial charge in [-0.05, 0) is 11.6 Å². The molecule has 0 bridgehead atoms. The molecule has 0 aromatic heterocycles. The lowest BCUT2D eigenvalue weighted by Gasteiger charge is -2.30. The van der Waals surface area contributed by atoms with E-state index in [0.29, 0.717) is 36.2 Å². The molecule has 0 N–H and O–H groups in total. The highest BCUT2D eigenvalue weighted by atomic mass is 35.5. The summed E-state index contributed by atoms with van der Waals surface area (Å²) in [6.45, 7) is 1.27. The molecule has 1 fully saturated rings. The van der Waals surface area contributed by atoms with Crippen molar-refractivity contribution < 1.29 is 8.60 Å². The summed E-state index contributed by atoms with van der Waals surface area (Å²) in [6, 6.07) is 4.94. The van der Waals surface area contributed by atoms with Gasteiger partial charge in [0.2, 0.25) is 0 Å². The highest BCUT2D eigenvalue weighted by Gasteiger charge is 2.20. The van der Waals surface area contributed by atoms with Crippen LogP contribution in [0.4, 0.5) is 10.1 Å². The van der Waals surface area contributed by atoms with Crippen molar-refractivity contribution in [3.05, 3.63) is 29.6 Å². The lowest BCUT2D eigenvalue weighted by Crippen LogP contribution is -2.38. The SMILES string of the molecule is O=S1CCN(c2c(F)cccc2CCl)CC1. The van der Waals surface area contributed by atoms with Crippen LogP contribution in [0.2, 0.25) is 0 Å². The van der Waals surface area contributed by atoms with Crippen LogP contribution in [-0.2, 0) is 16.7 Å². The quantitative estimate of drug-likeness (QED) is 0.761. The maximum absolute atomic E-state index is 13.7. The number of rotatable bonds is 2. The van der Waals surface area contributed by atoms with Crippen LogP contribution in [0.1, 0.15) is 5.56 Å². The number of anilines is 1. The van der Waals surface area contributed by atoms with Crippen LogP contribution in [0.3, 0.4) is 0 Å². The van der Waals surface area contributed by atoms with Gasteiger partial charge in [-0.3, -0.25) is 4.21 Å². The van der Waals surface area contributed by atoms with Gasteiger partial charge in [0.1, 0.15) is 5.82 Å². The molecule has 0 spiro atoms. The first kappa shape index (κ1) is 11.9. The van der Waals surface area contributed by atoms with E-state index in [9.17, 15) is 8.60 Å². The molecule has 1 heterocycles. The van der Waals surface area contributed by atoms with Gasteiger partial charge in [0.05, 0.1) is 5.69 Å². The highest BCUT2D eigenvalue weighted by Crippen LogP contribution is 2.26. The molecule has 16 heavy (non-hydrogen) atoms. The number of para-hydroxylation sites is 1. The summed E-state index contributed by atoms with van der Waals surface area (Å²) in [6.07, 6.45) is 0. The van der Waals surface area contributed by atoms with Crippen molar-refractivity contribution >= 4 is 28.1 Å². The second-order valence-electron chi connectivity index (χ2n) is 3.72. The Labute approximate surface area is 102 Å². The maximum Gasteiger partial charge on any atom is 0.146 e. The Kier molecular flexibility index (Phi) is 3.82. The smallest absolute Gasteiger partial charge is 0.146 e. The molecule has 88 valence electrons. The van der Waals surface area contributed by atoms with E-state index >= 15 is 0 Å². The third-order valence-electron chi connectivity index (χ3n) is 2.71. The van der Waals surface area contributed by atoms with Crippen molar-refractivity contribution in [3.63, 3.8) is 0 Å². The molecule has 2 nitrogen and oxygen atoms in total. The van der Waals surface area contributed by atoms with Gasteiger partial charge in [0, 0.05) is 41.3 Å². The number of alkyl halides is 1. The molecule has 0 amide bonds. The molecule has 1 saturated heterocycles. The van der Waals surface area contributed by atoms with E-state index < -0.39 is 10.8 Å². The average molecular weight is 262 g/mol. The zero-order chi connectivity index (χ0) is 11.5. The zero-order valence-electron chi connectivity index (χ0n) is 8.79. The Hall–Kier alpha value is -0.610. The van der Waals surface area contributed by atoms with Crippen molar-refractivity contribution in [2.45, 2.75) is 5.88 Å². The molecule has 0 saturated carbocycles. The average Bonchev–Trinajstić information content (AvgIpc) is 2.30. The van der Waals surface area contributed by atoms with E-state index in [2.05, 4.69) is 0 Å². The van der Waals surface area contributed by atoms with Crippen LogP contribution < -0.4 is 4.90 Å². The second kappa shape index (κ2) is 5.15. The first-order chi connectivity index (χ1) is 7.72. The normalized spacial score (nSPS) is 17.8. The summed E-state index contributed by atoms with van der Waals surface area (Å²) >= 11 is 5.80. The van der Waals surface area contributed by atoms with Gasteiger partial charge >= 0.3 is 0 Å². The Bertz CT molecular complexity index is 403. The molecule has 5 heteroatoms. The van der Waals surface area contributed by atoms with Gasteiger partial charge in [0.15, 0.2) is 0 Å². The molecule has 0 radical (unpaired) electrons. The lowest BCUT2D eigenvalue weighted by molar-refractivity contribution is 0.615. The first-order valence-electron chi connectivity index (χ1n) is 5.15. The van der Waals surface area contributed by atoms with Gasteiger partial charge in [-0.1, -0.05) is 12.1 Å². The molecular weight excluding hydrogens is 249 g/mol. The first-order valence-corrected chi connectivity index (χ1v) is 7.18. The van der Waals surface area contributed by atoms with Crippen LogP contribution in [0.5, 0.6) is 0 Å². The molecule has 1 aliphatic rings. The van der Waals surface area contributed by atoms with Gasteiger partial charge in [-0.2, -0.15) is 0 Å². The third kappa shape index (κ3) is 2.38. The summed E-state index contributed by atoms with van der Waals surface area (Å²) in [5.41, 5.74) is 1.38. The topological polar surface area (TPSA) is 20.3 Å². The molecule has 0 atom stereocenters. The lowest BCUT2D eigenvalue weighted by atomic mass is 10.1. The Morgan fingerprint density at radius 3 is 2.69 bits per heavy atom. The van der Waals surface area contributed by atoms with E-state index in [-0.39, 0.29) is 5.82 Å². The Balaban J connectivity index is 2.28. The fourth-order valence-electron chi connectivity index (χ4n) is 1.88. The molecular formula is C11H13ClFNOS. The van der Waals surface area contributed by atoms with E-state index in [4.69, 9.17) is 11.6 Å². The fraction of sp³-hybridized carbons (Fsp3) is 0.455. The van der Waals surface area contributed by atoms with Crippen LogP contribution in [0, 0.1) is 5.82 Å². The van der Waals surface area contributed by atoms with E-state index in [1.165, 1.54) is 6.07 Å². The van der Waals surface area contributed by atoms with E-state index in [1.54, 1.807) is 6.07 Å². The zero-order valence-corrected chi connectivity index (χ0v) is 10.4. The Morgan fingerprint density at radius 2 is 2.06 bits per heavy atom. The summed E-state index contributed by atoms with van der Waals surface area (Å²) in [4.78, 5) is 1.94. The number of benzene rings is 1. The minimum absolute atomic E-state index is 0.245. The Morgan fingerprint density at radius 1 is 1.38 bits per heavy atom. The number of hydrogen-bond acceptors (Lipinski definition) is 2. The second-order valence-corrected chi connectivity index (χ2v) is 5.68. The van der Waals surface area contributed by atoms with E-state index in [0.717, 1.165) is 5.56 Å². The molecule has 1 aromatic rings. The van der Waals surface area contributed by atoms with Crippen LogP contribution >= 0.6 is 11.6 Å². The van der Waals surface area contributed by atoms with Gasteiger partial charge < -0.3 is 4.90 Å². The predicted molar refractivity (Wildman–Crippen MR) is 66.0 cm³/mol. The van der Waals surface area contributed by atoms with Crippen LogP contribution in [0.15, 0.2) is 18.2 Å². The van der Waals surface area contributed by atoms with Crippen molar-refractivity contribution in [2.24, 2.45) is 0 Å². The monoisotopic (exact) mass is 261 g/mol. The van der Waals surface area contributed by atoms with Crippen molar-refractivity contribution in [2.75, 3.05) is 29.5 Å². The summed E-state index contributed by atoms with van der Waals surface area (Å²) in [5.74, 6) is 1.27. The van der Waals surface area contributed by atoms with Crippen molar-refractivity contribution in [1.82, 2.24) is 0 Å². The largest absolute Gasteiger partial charge is 0.367 e. The maximum atomic E-state index is 13.7. The highest BCUT2D eigenvalue weighted by molar-refractivity contribution is 7.85. The molecule has 2 rings (SSSR count). The standard InChI is InChI=1S/C11H13ClFNOS/c12-8-9-2-1-3-10(13)11(9)14-4-6-16(15)7-5-14/h1-3H,4-8H2. The summed E-state index contributed by atoms with van der Waals surface area (Å²) < 4.78 is 25.0. The molecule has 0 aliphatic carbocycles. The third-order valence-corrected chi connectivity index (χ3v) is 4.27. The van der Waals surface area contributed by atoms with Gasteiger partial charge in [0.25, 0.3) is 0 Å². The molecule has 1 aliphatic heterocycles. The van der Waals surface area contributed by atoms with Crippen LogP contribution in [0.25, 0.3) is 0 Å². The number of nitrogens with zero attached hydrogens (tertiary/aromatic N) is 1. The predicted octanol–water partition coefficient (Wildman–Crippen LogP) is 2.13. The van der Waals surface area contributed by atoms with Crippen LogP contribution in [-0.4, -0.2) is 28.8 Å². The van der Waals surface area contributed by atoms with E-state index in [1.807, 2.05) is 11.0 Å². The van der Waals surface area contributed by atoms with Crippen molar-refractivity contribution in [1.29, 1.82) is 0 Å². The fourth-order valence-corrected chi connectivity index (χ4v) is 3.15. The summed E-state index contributed by atoms with van der Waals surface area (Å²) in [5, 5.41) is 0. The van der Waals surface area contributed by atoms with Crippen molar-refractivity contribution in [3.8, 4) is 0 Å². The molecule has 0 unspecified atom stereocenters.